The number of esters is 4. The van der Waals surface area contributed by atoms with Gasteiger partial charge in [-0.25, -0.2) is 9.78 Å². The largest absolute Gasteiger partial charge is 0.462 e. The number of rotatable bonds is 10. The highest BCUT2D eigenvalue weighted by atomic mass is 16.6. The Bertz CT molecular complexity index is 1580. The Labute approximate surface area is 233 Å². The summed E-state index contributed by atoms with van der Waals surface area (Å²) in [5.74, 6) is -3.23. The minimum absolute atomic E-state index is 0.137. The van der Waals surface area contributed by atoms with Crippen LogP contribution in [0, 0.1) is 6.92 Å². The highest BCUT2D eigenvalue weighted by Gasteiger charge is 2.39. The predicted molar refractivity (Wildman–Crippen MR) is 143 cm³/mol. The topological polar surface area (TPSA) is 189 Å². The van der Waals surface area contributed by atoms with Gasteiger partial charge in [0.05, 0.1) is 17.6 Å². The normalized spacial score (nSPS) is 13.2. The number of nitrogens with zero attached hydrogens (tertiary/aromatic N) is 4. The Morgan fingerprint density at radius 2 is 1.51 bits per heavy atom. The number of hydrogen-bond donors (Lipinski definition) is 1. The summed E-state index contributed by atoms with van der Waals surface area (Å²) >= 11 is 0. The van der Waals surface area contributed by atoms with Crippen molar-refractivity contribution in [3.8, 4) is 11.5 Å². The van der Waals surface area contributed by atoms with Crippen LogP contribution in [0.3, 0.4) is 0 Å². The van der Waals surface area contributed by atoms with Crippen LogP contribution in [0.1, 0.15) is 33.3 Å². The van der Waals surface area contributed by atoms with Gasteiger partial charge in [0.25, 0.3) is 5.56 Å². The van der Waals surface area contributed by atoms with E-state index in [0.29, 0.717) is 11.0 Å². The number of hydrogen-bond acceptors (Lipinski definition) is 13. The van der Waals surface area contributed by atoms with Gasteiger partial charge in [0, 0.05) is 47.5 Å². The quantitative estimate of drug-likeness (QED) is 0.198. The molecule has 1 aromatic carbocycles. The van der Waals surface area contributed by atoms with E-state index in [-0.39, 0.29) is 18.1 Å². The average Bonchev–Trinajstić information content (AvgIpc) is 2.84. The number of ether oxygens (including phenoxy) is 4. The van der Waals surface area contributed by atoms with Gasteiger partial charge in [-0.1, -0.05) is 0 Å². The van der Waals surface area contributed by atoms with Gasteiger partial charge in [-0.15, -0.1) is 0 Å². The molecular weight excluding hydrogens is 542 g/mol. The van der Waals surface area contributed by atoms with Crippen LogP contribution < -0.4 is 16.1 Å². The number of aromatic nitrogens is 4. The van der Waals surface area contributed by atoms with E-state index < -0.39 is 60.0 Å². The Morgan fingerprint density at radius 1 is 0.902 bits per heavy atom. The summed E-state index contributed by atoms with van der Waals surface area (Å²) in [4.78, 5) is 85.2. The number of carbonyl (C=O) groups excluding carboxylic acids is 4. The maximum absolute atomic E-state index is 12.7. The third kappa shape index (κ3) is 7.43. The van der Waals surface area contributed by atoms with Gasteiger partial charge in [0.2, 0.25) is 0 Å². The zero-order valence-electron chi connectivity index (χ0n) is 23.7. The Morgan fingerprint density at radius 3 is 2.07 bits per heavy atom. The maximum atomic E-state index is 12.7. The standard InChI is InChI=1S/C26H31N5O10/c1-12-8-17-19(9-18(12)30(6)7)31(24-22(27-17)25(36)29-26(37)28-24)10-20(39-14(3)33)23(41-16(5)35)21(40-15(4)34)11-38-13(2)32/h8-9,20-21,23H,10-11H2,1-7H3,(H,29,36,37). The number of benzene rings is 1. The summed E-state index contributed by atoms with van der Waals surface area (Å²) in [6.07, 6.45) is -4.27. The number of nitrogens with one attached hydrogen (secondary N) is 1. The maximum Gasteiger partial charge on any atom is 0.349 e. The Balaban J connectivity index is 2.32. The molecule has 220 valence electrons. The third-order valence-corrected chi connectivity index (χ3v) is 5.89. The number of fused-ring (bicyclic) bond motifs is 2. The summed E-state index contributed by atoms with van der Waals surface area (Å²) in [7, 11) is 3.64. The second-order valence-corrected chi connectivity index (χ2v) is 9.46. The third-order valence-electron chi connectivity index (χ3n) is 5.89. The lowest BCUT2D eigenvalue weighted by Crippen LogP contribution is -2.49. The molecule has 2 aliphatic rings. The molecule has 0 radical (unpaired) electrons. The van der Waals surface area contributed by atoms with Gasteiger partial charge in [-0.3, -0.25) is 29.0 Å². The van der Waals surface area contributed by atoms with Crippen molar-refractivity contribution in [3.05, 3.63) is 38.5 Å². The molecule has 41 heavy (non-hydrogen) atoms. The van der Waals surface area contributed by atoms with E-state index >= 15 is 0 Å². The van der Waals surface area contributed by atoms with Crippen molar-refractivity contribution in [2.45, 2.75) is 59.5 Å². The van der Waals surface area contributed by atoms with Crippen LogP contribution in [0.2, 0.25) is 0 Å². The lowest BCUT2D eigenvalue weighted by molar-refractivity contribution is -0.190. The Kier molecular flexibility index (Phi) is 9.42. The first-order chi connectivity index (χ1) is 19.2. The summed E-state index contributed by atoms with van der Waals surface area (Å²) < 4.78 is 22.8. The fourth-order valence-electron chi connectivity index (χ4n) is 4.39. The molecule has 3 atom stereocenters. The SMILES string of the molecule is CC(=O)OCC(OC(C)=O)C(OC(C)=O)C(Cn1c2nc(=O)[nH]c(=O)c-2nc2cc(C)c(N(C)C)cc21)OC(C)=O. The van der Waals surface area contributed by atoms with Gasteiger partial charge in [0.1, 0.15) is 6.61 Å². The van der Waals surface area contributed by atoms with Crippen molar-refractivity contribution in [2.24, 2.45) is 0 Å². The molecule has 2 heterocycles. The van der Waals surface area contributed by atoms with Crippen molar-refractivity contribution >= 4 is 40.6 Å². The lowest BCUT2D eigenvalue weighted by Gasteiger charge is -2.33. The first-order valence-corrected chi connectivity index (χ1v) is 12.5. The first-order valence-electron chi connectivity index (χ1n) is 12.5. The molecule has 0 fully saturated rings. The van der Waals surface area contributed by atoms with Crippen LogP contribution >= 0.6 is 0 Å². The van der Waals surface area contributed by atoms with E-state index in [1.54, 1.807) is 12.1 Å². The molecule has 2 aliphatic heterocycles. The minimum Gasteiger partial charge on any atom is -0.462 e. The summed E-state index contributed by atoms with van der Waals surface area (Å²) in [5, 5.41) is 0. The van der Waals surface area contributed by atoms with Gasteiger partial charge in [0.15, 0.2) is 29.8 Å². The van der Waals surface area contributed by atoms with E-state index in [1.807, 2.05) is 25.9 Å². The highest BCUT2D eigenvalue weighted by Crippen LogP contribution is 2.29. The molecule has 0 spiro atoms. The molecule has 0 saturated carbocycles. The van der Waals surface area contributed by atoms with Gasteiger partial charge in [-0.05, 0) is 24.6 Å². The molecule has 0 saturated heterocycles. The van der Waals surface area contributed by atoms with Crippen LogP contribution in [0.4, 0.5) is 5.69 Å². The molecular formula is C26H31N5O10. The van der Waals surface area contributed by atoms with Crippen LogP contribution in [0.15, 0.2) is 21.7 Å². The Hall–Kier alpha value is -4.82. The smallest absolute Gasteiger partial charge is 0.349 e. The molecule has 0 amide bonds. The van der Waals surface area contributed by atoms with E-state index in [9.17, 15) is 28.8 Å². The van der Waals surface area contributed by atoms with E-state index in [0.717, 1.165) is 38.9 Å². The number of anilines is 1. The molecule has 3 rings (SSSR count). The van der Waals surface area contributed by atoms with Crippen LogP contribution in [0.25, 0.3) is 22.6 Å². The minimum atomic E-state index is -1.49. The number of aryl methyl sites for hydroxylation is 1. The molecule has 3 unspecified atom stereocenters. The predicted octanol–water partition coefficient (Wildman–Crippen LogP) is 0.317. The van der Waals surface area contributed by atoms with Crippen molar-refractivity contribution in [1.29, 1.82) is 0 Å². The van der Waals surface area contributed by atoms with E-state index in [4.69, 9.17) is 18.9 Å². The van der Waals surface area contributed by atoms with Crippen LogP contribution in [-0.2, 0) is 44.7 Å². The second-order valence-electron chi connectivity index (χ2n) is 9.46. The molecule has 0 bridgehead atoms. The zero-order valence-corrected chi connectivity index (χ0v) is 23.7. The number of aromatic amines is 1. The van der Waals surface area contributed by atoms with Crippen molar-refractivity contribution < 1.29 is 38.1 Å². The average molecular weight is 574 g/mol. The van der Waals surface area contributed by atoms with Crippen LogP contribution in [-0.4, -0.2) is 82.4 Å². The summed E-state index contributed by atoms with van der Waals surface area (Å²) in [6, 6.07) is 3.48. The molecule has 1 N–H and O–H groups in total. The van der Waals surface area contributed by atoms with E-state index in [2.05, 4.69) is 15.0 Å². The molecule has 15 heteroatoms. The highest BCUT2D eigenvalue weighted by molar-refractivity contribution is 5.84. The van der Waals surface area contributed by atoms with E-state index in [1.165, 1.54) is 4.57 Å². The van der Waals surface area contributed by atoms with Crippen molar-refractivity contribution in [2.75, 3.05) is 25.6 Å². The van der Waals surface area contributed by atoms with Gasteiger partial charge < -0.3 is 28.4 Å². The fraction of sp³-hybridized carbons (Fsp3) is 0.462. The number of H-pyrrole nitrogens is 1. The molecule has 1 aromatic rings. The fourth-order valence-corrected chi connectivity index (χ4v) is 4.39. The molecule has 0 aliphatic carbocycles. The van der Waals surface area contributed by atoms with Crippen molar-refractivity contribution in [1.82, 2.24) is 19.5 Å². The first kappa shape index (κ1) is 30.7. The monoisotopic (exact) mass is 573 g/mol. The summed E-state index contributed by atoms with van der Waals surface area (Å²) in [5.41, 5.74) is 0.449. The van der Waals surface area contributed by atoms with Crippen molar-refractivity contribution in [3.63, 3.8) is 0 Å². The van der Waals surface area contributed by atoms with Crippen LogP contribution in [0.5, 0.6) is 0 Å². The number of carbonyl (C=O) groups is 4. The zero-order chi connectivity index (χ0) is 30.6. The summed E-state index contributed by atoms with van der Waals surface area (Å²) in [6.45, 7) is 5.42. The lowest BCUT2D eigenvalue weighted by atomic mass is 10.1. The second kappa shape index (κ2) is 12.6. The van der Waals surface area contributed by atoms with Gasteiger partial charge >= 0.3 is 29.6 Å². The van der Waals surface area contributed by atoms with Gasteiger partial charge in [-0.2, -0.15) is 4.98 Å². The molecule has 15 nitrogen and oxygen atoms in total. The molecule has 0 aromatic heterocycles.